The van der Waals surface area contributed by atoms with E-state index in [1.807, 2.05) is 18.2 Å². The first-order chi connectivity index (χ1) is 9.89. The van der Waals surface area contributed by atoms with Gasteiger partial charge in [-0.1, -0.05) is 54.7 Å². The summed E-state index contributed by atoms with van der Waals surface area (Å²) in [6.07, 6.45) is 2.67. The van der Waals surface area contributed by atoms with E-state index < -0.39 is 10.2 Å². The number of fused-ring (bicyclic) bond motifs is 3. The molecule has 0 radical (unpaired) electrons. The van der Waals surface area contributed by atoms with Crippen molar-refractivity contribution in [2.24, 2.45) is 5.92 Å². The van der Waals surface area contributed by atoms with Crippen LogP contribution in [0.2, 0.25) is 0 Å². The van der Waals surface area contributed by atoms with Gasteiger partial charge in [0.1, 0.15) is 0 Å². The number of hydrogen-bond acceptors (Lipinski definition) is 2. The Labute approximate surface area is 133 Å². The van der Waals surface area contributed by atoms with Gasteiger partial charge in [-0.05, 0) is 24.5 Å². The molecule has 2 aliphatic heterocycles. The third-order valence-corrected chi connectivity index (χ3v) is 6.13. The van der Waals surface area contributed by atoms with Crippen LogP contribution in [0.4, 0.5) is 5.69 Å². The zero-order chi connectivity index (χ0) is 15.0. The predicted octanol–water partition coefficient (Wildman–Crippen LogP) is 3.22. The average Bonchev–Trinajstić information content (AvgIpc) is 2.73. The van der Waals surface area contributed by atoms with Gasteiger partial charge in [0.05, 0.1) is 6.04 Å². The summed E-state index contributed by atoms with van der Waals surface area (Å²) in [7, 11) is 0. The van der Waals surface area contributed by atoms with Crippen molar-refractivity contribution in [3.05, 3.63) is 29.8 Å². The van der Waals surface area contributed by atoms with Crippen LogP contribution in [-0.2, 0) is 15.0 Å². The maximum atomic E-state index is 12.7. The quantitative estimate of drug-likeness (QED) is 0.543. The van der Waals surface area contributed by atoms with Crippen molar-refractivity contribution in [1.29, 1.82) is 0 Å². The Bertz CT molecular complexity index is 672. The lowest BCUT2D eigenvalue weighted by atomic mass is 9.63. The smallest absolute Gasteiger partial charge is 0.271 e. The molecule has 2 heterocycles. The number of para-hydroxylation sites is 1. The number of hydrogen-bond donors (Lipinski definition) is 0. The molecule has 1 aliphatic carbocycles. The fourth-order valence-electron chi connectivity index (χ4n) is 4.51. The van der Waals surface area contributed by atoms with Gasteiger partial charge in [-0.25, -0.2) is 0 Å². The first kappa shape index (κ1) is 13.6. The number of alkyl halides is 2. The number of amides is 1. The van der Waals surface area contributed by atoms with E-state index in [1.165, 1.54) is 0 Å². The number of carbonyl (C=O) groups excluding carboxylic acids is 2. The number of piperidine rings is 1. The Morgan fingerprint density at radius 1 is 1.24 bits per heavy atom. The minimum atomic E-state index is -1.95. The normalized spacial score (nSPS) is 36.4. The molecule has 0 aromatic heterocycles. The number of carbonyl (C=O) groups is 2. The molecule has 4 rings (SSSR count). The average molecular weight is 324 g/mol. The summed E-state index contributed by atoms with van der Waals surface area (Å²) >= 11 is 12.2. The van der Waals surface area contributed by atoms with Crippen molar-refractivity contribution in [3.8, 4) is 0 Å². The molecule has 1 saturated heterocycles. The maximum Gasteiger partial charge on any atom is 0.271 e. The molecule has 110 valence electrons. The van der Waals surface area contributed by atoms with Gasteiger partial charge in [0.15, 0.2) is 5.78 Å². The van der Waals surface area contributed by atoms with E-state index in [9.17, 15) is 9.59 Å². The van der Waals surface area contributed by atoms with Crippen molar-refractivity contribution in [3.63, 3.8) is 0 Å². The number of ketones is 1. The van der Waals surface area contributed by atoms with Crippen LogP contribution >= 0.6 is 23.2 Å². The Kier molecular flexibility index (Phi) is 2.60. The monoisotopic (exact) mass is 323 g/mol. The van der Waals surface area contributed by atoms with Gasteiger partial charge >= 0.3 is 0 Å². The van der Waals surface area contributed by atoms with Crippen LogP contribution in [0, 0.1) is 5.92 Å². The highest BCUT2D eigenvalue weighted by Gasteiger charge is 2.65. The first-order valence-electron chi connectivity index (χ1n) is 7.24. The number of Topliss-reactive ketones (excluding diaryl/α,β-unsaturated/α-hetero) is 1. The summed E-state index contributed by atoms with van der Waals surface area (Å²) in [5, 5.41) is 0. The van der Waals surface area contributed by atoms with E-state index in [2.05, 4.69) is 13.0 Å². The molecule has 0 bridgehead atoms. The zero-order valence-electron chi connectivity index (χ0n) is 11.6. The highest BCUT2D eigenvalue weighted by Crippen LogP contribution is 2.57. The summed E-state index contributed by atoms with van der Waals surface area (Å²) in [4.78, 5) is 27.0. The minimum absolute atomic E-state index is 0.144. The number of halogens is 2. The molecule has 0 unspecified atom stereocenters. The third kappa shape index (κ3) is 1.46. The van der Waals surface area contributed by atoms with Crippen LogP contribution in [0.3, 0.4) is 0 Å². The Balaban J connectivity index is 1.99. The molecule has 3 atom stereocenters. The van der Waals surface area contributed by atoms with Crippen molar-refractivity contribution in [1.82, 2.24) is 0 Å². The van der Waals surface area contributed by atoms with E-state index in [0.717, 1.165) is 30.5 Å². The summed E-state index contributed by atoms with van der Waals surface area (Å²) in [5.41, 5.74) is 1.81. The Hall–Kier alpha value is -1.06. The minimum Gasteiger partial charge on any atom is -0.304 e. The van der Waals surface area contributed by atoms with Crippen molar-refractivity contribution in [2.45, 2.75) is 42.0 Å². The molecule has 0 N–H and O–H groups in total. The summed E-state index contributed by atoms with van der Waals surface area (Å²) in [5.74, 6) is -1.09. The SMILES string of the molecule is C[C@]12CCC[C@@H]3C(=O)C(Cl)(Cl)C(=O)N(c4ccccc41)[C@@H]32. The zero-order valence-corrected chi connectivity index (χ0v) is 13.1. The van der Waals surface area contributed by atoms with Gasteiger partial charge in [0.25, 0.3) is 10.2 Å². The van der Waals surface area contributed by atoms with Crippen LogP contribution in [0.5, 0.6) is 0 Å². The van der Waals surface area contributed by atoms with Crippen LogP contribution in [0.25, 0.3) is 0 Å². The lowest BCUT2D eigenvalue weighted by Gasteiger charge is -2.49. The molecular formula is C16H15Cl2NO2. The summed E-state index contributed by atoms with van der Waals surface area (Å²) < 4.78 is -1.95. The second-order valence-corrected chi connectivity index (χ2v) is 7.82. The van der Waals surface area contributed by atoms with Crippen molar-refractivity contribution >= 4 is 40.6 Å². The Morgan fingerprint density at radius 2 is 1.95 bits per heavy atom. The van der Waals surface area contributed by atoms with Gasteiger partial charge in [-0.2, -0.15) is 0 Å². The lowest BCUT2D eigenvalue weighted by Crippen LogP contribution is -2.66. The molecule has 2 fully saturated rings. The van der Waals surface area contributed by atoms with Crippen LogP contribution < -0.4 is 4.90 Å². The molecule has 1 amide bonds. The molecule has 1 saturated carbocycles. The van der Waals surface area contributed by atoms with Gasteiger partial charge in [0.2, 0.25) is 0 Å². The molecule has 3 nitrogen and oxygen atoms in total. The number of anilines is 1. The van der Waals surface area contributed by atoms with Gasteiger partial charge < -0.3 is 4.90 Å². The van der Waals surface area contributed by atoms with Crippen molar-refractivity contribution < 1.29 is 9.59 Å². The van der Waals surface area contributed by atoms with Gasteiger partial charge in [0, 0.05) is 17.0 Å². The number of nitrogens with zero attached hydrogens (tertiary/aromatic N) is 1. The highest BCUT2D eigenvalue weighted by atomic mass is 35.5. The van der Waals surface area contributed by atoms with E-state index in [1.54, 1.807) is 4.90 Å². The predicted molar refractivity (Wildman–Crippen MR) is 81.9 cm³/mol. The fourth-order valence-corrected chi connectivity index (χ4v) is 4.98. The molecule has 21 heavy (non-hydrogen) atoms. The number of benzene rings is 1. The van der Waals surface area contributed by atoms with Crippen LogP contribution in [0.1, 0.15) is 31.7 Å². The third-order valence-electron chi connectivity index (χ3n) is 5.44. The molecule has 1 aromatic carbocycles. The maximum absolute atomic E-state index is 12.7. The summed E-state index contributed by atoms with van der Waals surface area (Å²) in [6.45, 7) is 2.15. The standard InChI is InChI=1S/C16H15Cl2NO2/c1-15-8-4-5-9-12(15)19(11-7-3-2-6-10(11)15)14(21)16(17,18)13(9)20/h2-3,6-7,9,12H,4-5,8H2,1H3/t9-,12-,15-/m0/s1. The van der Waals surface area contributed by atoms with Gasteiger partial charge in [-0.15, -0.1) is 0 Å². The lowest BCUT2D eigenvalue weighted by molar-refractivity contribution is -0.136. The topological polar surface area (TPSA) is 37.4 Å². The first-order valence-corrected chi connectivity index (χ1v) is 8.00. The van der Waals surface area contributed by atoms with E-state index >= 15 is 0 Å². The summed E-state index contributed by atoms with van der Waals surface area (Å²) in [6, 6.07) is 7.72. The van der Waals surface area contributed by atoms with Crippen molar-refractivity contribution in [2.75, 3.05) is 4.90 Å². The molecule has 5 heteroatoms. The molecular weight excluding hydrogens is 309 g/mol. The van der Waals surface area contributed by atoms with Crippen LogP contribution in [-0.4, -0.2) is 22.1 Å². The second kappa shape index (κ2) is 4.02. The molecule has 3 aliphatic rings. The molecule has 0 spiro atoms. The molecule has 1 aromatic rings. The van der Waals surface area contributed by atoms with E-state index in [4.69, 9.17) is 23.2 Å². The number of rotatable bonds is 0. The van der Waals surface area contributed by atoms with Crippen LogP contribution in [0.15, 0.2) is 24.3 Å². The van der Waals surface area contributed by atoms with Gasteiger partial charge in [-0.3, -0.25) is 9.59 Å². The Morgan fingerprint density at radius 3 is 2.71 bits per heavy atom. The van der Waals surface area contributed by atoms with E-state index in [-0.39, 0.29) is 23.2 Å². The second-order valence-electron chi connectivity index (χ2n) is 6.49. The highest BCUT2D eigenvalue weighted by molar-refractivity contribution is 6.69. The largest absolute Gasteiger partial charge is 0.304 e. The fraction of sp³-hybridized carbons (Fsp3) is 0.500. The van der Waals surface area contributed by atoms with E-state index in [0.29, 0.717) is 0 Å².